The highest BCUT2D eigenvalue weighted by molar-refractivity contribution is 7.89. The van der Waals surface area contributed by atoms with Gasteiger partial charge in [-0.25, -0.2) is 17.2 Å². The Morgan fingerprint density at radius 2 is 1.72 bits per heavy atom. The van der Waals surface area contributed by atoms with Crippen molar-refractivity contribution in [2.75, 3.05) is 13.1 Å². The Morgan fingerprint density at radius 3 is 2.31 bits per heavy atom. The van der Waals surface area contributed by atoms with Crippen LogP contribution in [0.4, 0.5) is 8.78 Å². The Kier molecular flexibility index (Phi) is 6.55. The first-order valence-corrected chi connectivity index (χ1v) is 11.0. The van der Waals surface area contributed by atoms with Crippen molar-refractivity contribution in [3.05, 3.63) is 64.7 Å². The Balaban J connectivity index is 1.60. The lowest BCUT2D eigenvalue weighted by molar-refractivity contribution is -0.126. The van der Waals surface area contributed by atoms with E-state index in [9.17, 15) is 22.0 Å². The lowest BCUT2D eigenvalue weighted by atomic mass is 9.96. The first kappa shape index (κ1) is 21.7. The number of amides is 1. The fraction of sp³-hybridized carbons (Fsp3) is 0.350. The number of piperidine rings is 1. The molecule has 2 aromatic rings. The Labute approximate surface area is 173 Å². The van der Waals surface area contributed by atoms with Crippen LogP contribution in [0.15, 0.2) is 47.4 Å². The maximum Gasteiger partial charge on any atom is 0.243 e. The molecule has 0 aromatic heterocycles. The van der Waals surface area contributed by atoms with Crippen LogP contribution in [0.2, 0.25) is 5.02 Å². The minimum absolute atomic E-state index is 0.134. The second-order valence-electron chi connectivity index (χ2n) is 7.04. The summed E-state index contributed by atoms with van der Waals surface area (Å²) in [5.41, 5.74) is 0.918. The summed E-state index contributed by atoms with van der Waals surface area (Å²) in [6.45, 7) is 2.13. The van der Waals surface area contributed by atoms with Crippen LogP contribution in [0, 0.1) is 17.6 Å². The van der Waals surface area contributed by atoms with Gasteiger partial charge in [0.1, 0.15) is 0 Å². The summed E-state index contributed by atoms with van der Waals surface area (Å²) < 4.78 is 53.0. The molecule has 1 N–H and O–H groups in total. The fourth-order valence-corrected chi connectivity index (χ4v) is 4.92. The van der Waals surface area contributed by atoms with Crippen LogP contribution in [-0.2, 0) is 14.8 Å². The number of sulfonamides is 1. The number of hydrogen-bond donors (Lipinski definition) is 1. The van der Waals surface area contributed by atoms with E-state index in [1.54, 1.807) is 12.1 Å². The first-order chi connectivity index (χ1) is 13.7. The van der Waals surface area contributed by atoms with Crippen LogP contribution < -0.4 is 5.32 Å². The van der Waals surface area contributed by atoms with Gasteiger partial charge in [-0.15, -0.1) is 0 Å². The van der Waals surface area contributed by atoms with E-state index in [0.29, 0.717) is 23.9 Å². The van der Waals surface area contributed by atoms with Crippen LogP contribution >= 0.6 is 11.6 Å². The number of benzene rings is 2. The number of halogens is 3. The quantitative estimate of drug-likeness (QED) is 0.763. The third-order valence-electron chi connectivity index (χ3n) is 5.08. The van der Waals surface area contributed by atoms with Gasteiger partial charge in [0.2, 0.25) is 15.9 Å². The van der Waals surface area contributed by atoms with Crippen molar-refractivity contribution < 1.29 is 22.0 Å². The largest absolute Gasteiger partial charge is 0.349 e. The van der Waals surface area contributed by atoms with Gasteiger partial charge in [-0.1, -0.05) is 23.7 Å². The molecule has 1 atom stereocenters. The van der Waals surface area contributed by atoms with E-state index in [2.05, 4.69) is 5.32 Å². The molecule has 0 bridgehead atoms. The molecule has 2 aromatic carbocycles. The molecule has 0 aliphatic carbocycles. The summed E-state index contributed by atoms with van der Waals surface area (Å²) in [6, 6.07) is 9.48. The fourth-order valence-electron chi connectivity index (χ4n) is 3.31. The predicted octanol–water partition coefficient (Wildman–Crippen LogP) is 3.90. The van der Waals surface area contributed by atoms with Crippen LogP contribution in [0.25, 0.3) is 0 Å². The van der Waals surface area contributed by atoms with Gasteiger partial charge in [0, 0.05) is 24.0 Å². The lowest BCUT2D eigenvalue weighted by Gasteiger charge is -2.31. The highest BCUT2D eigenvalue weighted by Crippen LogP contribution is 2.26. The van der Waals surface area contributed by atoms with Crippen molar-refractivity contribution >= 4 is 27.5 Å². The SMILES string of the molecule is CC(NC(=O)C1CCN(S(=O)(=O)c2ccc(F)c(F)c2)CC1)c1ccc(Cl)cc1. The maximum absolute atomic E-state index is 13.4. The van der Waals surface area contributed by atoms with Gasteiger partial charge in [-0.2, -0.15) is 4.31 Å². The summed E-state index contributed by atoms with van der Waals surface area (Å²) in [5.74, 6) is -2.77. The molecular weight excluding hydrogens is 422 g/mol. The molecular formula is C20H21ClF2N2O3S. The Hall–Kier alpha value is -2.03. The number of hydrogen-bond acceptors (Lipinski definition) is 3. The molecule has 5 nitrogen and oxygen atoms in total. The van der Waals surface area contributed by atoms with Crippen LogP contribution in [0.3, 0.4) is 0 Å². The van der Waals surface area contributed by atoms with Gasteiger partial charge in [0.05, 0.1) is 10.9 Å². The van der Waals surface area contributed by atoms with E-state index in [1.165, 1.54) is 4.31 Å². The first-order valence-electron chi connectivity index (χ1n) is 9.19. The van der Waals surface area contributed by atoms with Crippen molar-refractivity contribution in [1.29, 1.82) is 0 Å². The normalized spacial score (nSPS) is 17.1. The van der Waals surface area contributed by atoms with Gasteiger partial charge < -0.3 is 5.32 Å². The van der Waals surface area contributed by atoms with Gasteiger partial charge >= 0.3 is 0 Å². The van der Waals surface area contributed by atoms with Crippen LogP contribution in [0.1, 0.15) is 31.4 Å². The van der Waals surface area contributed by atoms with E-state index >= 15 is 0 Å². The van der Waals surface area contributed by atoms with E-state index in [-0.39, 0.29) is 35.9 Å². The standard InChI is InChI=1S/C20H21ClF2N2O3S/c1-13(14-2-4-16(21)5-3-14)24-20(26)15-8-10-25(11-9-15)29(27,28)17-6-7-18(22)19(23)12-17/h2-7,12-13,15H,8-11H2,1H3,(H,24,26). The van der Waals surface area contributed by atoms with Gasteiger partial charge in [-0.3, -0.25) is 4.79 Å². The molecule has 29 heavy (non-hydrogen) atoms. The van der Waals surface area contributed by atoms with Gasteiger partial charge in [0.15, 0.2) is 11.6 Å². The minimum atomic E-state index is -3.94. The lowest BCUT2D eigenvalue weighted by Crippen LogP contribution is -2.43. The van der Waals surface area contributed by atoms with E-state index in [1.807, 2.05) is 19.1 Å². The number of nitrogens with one attached hydrogen (secondary N) is 1. The molecule has 0 spiro atoms. The summed E-state index contributed by atoms with van der Waals surface area (Å²) in [6.07, 6.45) is 0.699. The summed E-state index contributed by atoms with van der Waals surface area (Å²) in [5, 5.41) is 3.56. The van der Waals surface area contributed by atoms with E-state index in [4.69, 9.17) is 11.6 Å². The van der Waals surface area contributed by atoms with Crippen LogP contribution in [-0.4, -0.2) is 31.7 Å². The molecule has 9 heteroatoms. The van der Waals surface area contributed by atoms with Crippen LogP contribution in [0.5, 0.6) is 0 Å². The highest BCUT2D eigenvalue weighted by Gasteiger charge is 2.32. The van der Waals surface area contributed by atoms with Crippen molar-refractivity contribution in [2.45, 2.75) is 30.7 Å². The molecule has 0 radical (unpaired) electrons. The van der Waals surface area contributed by atoms with Crippen molar-refractivity contribution in [1.82, 2.24) is 9.62 Å². The number of rotatable bonds is 5. The molecule has 1 aliphatic heterocycles. The second-order valence-corrected chi connectivity index (χ2v) is 9.41. The smallest absolute Gasteiger partial charge is 0.243 e. The number of carbonyl (C=O) groups excluding carboxylic acids is 1. The third-order valence-corrected chi connectivity index (χ3v) is 7.23. The summed E-state index contributed by atoms with van der Waals surface area (Å²) in [7, 11) is -3.94. The van der Waals surface area contributed by atoms with Crippen molar-refractivity contribution in [2.24, 2.45) is 5.92 Å². The van der Waals surface area contributed by atoms with E-state index < -0.39 is 21.7 Å². The molecule has 1 saturated heterocycles. The zero-order valence-electron chi connectivity index (χ0n) is 15.7. The molecule has 1 unspecified atom stereocenters. The topological polar surface area (TPSA) is 66.5 Å². The predicted molar refractivity (Wildman–Crippen MR) is 106 cm³/mol. The molecule has 1 fully saturated rings. The number of carbonyl (C=O) groups is 1. The molecule has 156 valence electrons. The Bertz CT molecular complexity index is 991. The summed E-state index contributed by atoms with van der Waals surface area (Å²) in [4.78, 5) is 12.3. The molecule has 0 saturated carbocycles. The minimum Gasteiger partial charge on any atom is -0.349 e. The number of nitrogens with zero attached hydrogens (tertiary/aromatic N) is 1. The molecule has 1 aliphatic rings. The average molecular weight is 443 g/mol. The highest BCUT2D eigenvalue weighted by atomic mass is 35.5. The van der Waals surface area contributed by atoms with Gasteiger partial charge in [0.25, 0.3) is 0 Å². The van der Waals surface area contributed by atoms with Crippen molar-refractivity contribution in [3.63, 3.8) is 0 Å². The van der Waals surface area contributed by atoms with Crippen molar-refractivity contribution in [3.8, 4) is 0 Å². The zero-order valence-corrected chi connectivity index (χ0v) is 17.3. The summed E-state index contributed by atoms with van der Waals surface area (Å²) >= 11 is 5.87. The zero-order chi connectivity index (χ0) is 21.2. The third kappa shape index (κ3) is 4.94. The molecule has 1 amide bonds. The molecule has 3 rings (SSSR count). The maximum atomic E-state index is 13.4. The average Bonchev–Trinajstić information content (AvgIpc) is 2.70. The monoisotopic (exact) mass is 442 g/mol. The molecule has 1 heterocycles. The van der Waals surface area contributed by atoms with E-state index in [0.717, 1.165) is 17.7 Å². The van der Waals surface area contributed by atoms with Gasteiger partial charge in [-0.05, 0) is 55.7 Å². The Morgan fingerprint density at radius 1 is 1.10 bits per heavy atom. The second kappa shape index (κ2) is 8.77.